The van der Waals surface area contributed by atoms with Gasteiger partial charge < -0.3 is 5.32 Å². The predicted octanol–water partition coefficient (Wildman–Crippen LogP) is -0.0792. The molecule has 1 aromatic heterocycles. The molecule has 8 heteroatoms. The monoisotopic (exact) mass is 273 g/mol. The fourth-order valence-electron chi connectivity index (χ4n) is 2.10. The minimum Gasteiger partial charge on any atom is -0.308 e. The molecule has 2 rings (SSSR count). The highest BCUT2D eigenvalue weighted by molar-refractivity contribution is 7.91. The maximum Gasteiger partial charge on any atom is 0.165 e. The Kier molecular flexibility index (Phi) is 3.96. The zero-order valence-electron chi connectivity index (χ0n) is 10.7. The van der Waals surface area contributed by atoms with Gasteiger partial charge >= 0.3 is 0 Å². The van der Waals surface area contributed by atoms with Crippen LogP contribution in [0.5, 0.6) is 0 Å². The fourth-order valence-corrected chi connectivity index (χ4v) is 3.77. The average molecular weight is 273 g/mol. The molecule has 7 nitrogen and oxygen atoms in total. The number of tetrazole rings is 1. The lowest BCUT2D eigenvalue weighted by molar-refractivity contribution is 0.405. The van der Waals surface area contributed by atoms with Crippen LogP contribution >= 0.6 is 0 Å². The summed E-state index contributed by atoms with van der Waals surface area (Å²) in [6.07, 6.45) is 1.50. The van der Waals surface area contributed by atoms with Crippen molar-refractivity contribution in [2.75, 3.05) is 11.5 Å². The van der Waals surface area contributed by atoms with Crippen molar-refractivity contribution in [3.63, 3.8) is 0 Å². The Balaban J connectivity index is 2.11. The highest BCUT2D eigenvalue weighted by Gasteiger charge is 2.28. The van der Waals surface area contributed by atoms with Crippen molar-refractivity contribution < 1.29 is 8.42 Å². The Morgan fingerprint density at radius 1 is 1.50 bits per heavy atom. The lowest BCUT2D eigenvalue weighted by atomic mass is 10.2. The Hall–Kier alpha value is -1.02. The summed E-state index contributed by atoms with van der Waals surface area (Å²) >= 11 is 0. The standard InChI is InChI=1S/C10H19N5O2S/c1-8(2)11-6-10-12-13-14-15(10)9-4-3-5-18(16,17)7-9/h8-9,11H,3-7H2,1-2H3. The van der Waals surface area contributed by atoms with Crippen LogP contribution in [0.2, 0.25) is 0 Å². The maximum absolute atomic E-state index is 11.6. The molecule has 1 saturated heterocycles. The first-order valence-electron chi connectivity index (χ1n) is 6.18. The molecule has 0 spiro atoms. The molecule has 0 bridgehead atoms. The molecule has 1 aromatic rings. The summed E-state index contributed by atoms with van der Waals surface area (Å²) in [7, 11) is -2.94. The lowest BCUT2D eigenvalue weighted by Crippen LogP contribution is -2.31. The van der Waals surface area contributed by atoms with Gasteiger partial charge in [0, 0.05) is 6.04 Å². The first-order valence-corrected chi connectivity index (χ1v) is 8.00. The number of rotatable bonds is 4. The van der Waals surface area contributed by atoms with E-state index in [1.807, 2.05) is 13.8 Å². The van der Waals surface area contributed by atoms with E-state index >= 15 is 0 Å². The van der Waals surface area contributed by atoms with Gasteiger partial charge in [0.2, 0.25) is 0 Å². The molecular formula is C10H19N5O2S. The second-order valence-corrected chi connectivity index (χ2v) is 7.21. The molecule has 1 aliphatic rings. The Bertz CT molecular complexity index is 496. The quantitative estimate of drug-likeness (QED) is 0.825. The molecule has 1 atom stereocenters. The van der Waals surface area contributed by atoms with Crippen molar-refractivity contribution in [1.29, 1.82) is 0 Å². The van der Waals surface area contributed by atoms with Crippen LogP contribution in [0.1, 0.15) is 38.6 Å². The molecule has 2 heterocycles. The first kappa shape index (κ1) is 13.4. The molecule has 1 unspecified atom stereocenters. The van der Waals surface area contributed by atoms with Crippen LogP contribution < -0.4 is 5.32 Å². The Morgan fingerprint density at radius 3 is 2.94 bits per heavy atom. The van der Waals surface area contributed by atoms with Crippen LogP contribution in [0.4, 0.5) is 0 Å². The van der Waals surface area contributed by atoms with Crippen molar-refractivity contribution >= 4 is 9.84 Å². The fraction of sp³-hybridized carbons (Fsp3) is 0.900. The van der Waals surface area contributed by atoms with Crippen LogP contribution in [0.25, 0.3) is 0 Å². The third kappa shape index (κ3) is 3.26. The van der Waals surface area contributed by atoms with Crippen molar-refractivity contribution in [1.82, 2.24) is 25.5 Å². The molecule has 0 saturated carbocycles. The van der Waals surface area contributed by atoms with Gasteiger partial charge in [-0.25, -0.2) is 13.1 Å². The molecule has 0 amide bonds. The zero-order valence-corrected chi connectivity index (χ0v) is 11.5. The van der Waals surface area contributed by atoms with Gasteiger partial charge in [-0.15, -0.1) is 5.10 Å². The summed E-state index contributed by atoms with van der Waals surface area (Å²) in [6.45, 7) is 4.64. The normalized spacial score (nSPS) is 23.4. The van der Waals surface area contributed by atoms with Gasteiger partial charge in [0.1, 0.15) is 0 Å². The van der Waals surface area contributed by atoms with E-state index < -0.39 is 9.84 Å². The first-order chi connectivity index (χ1) is 8.48. The number of sulfone groups is 1. The predicted molar refractivity (Wildman–Crippen MR) is 66.7 cm³/mol. The summed E-state index contributed by atoms with van der Waals surface area (Å²) in [4.78, 5) is 0. The van der Waals surface area contributed by atoms with Crippen LogP contribution in [0, 0.1) is 0 Å². The number of nitrogens with one attached hydrogen (secondary N) is 1. The average Bonchev–Trinajstić information content (AvgIpc) is 2.73. The Labute approximate surface area is 107 Å². The molecule has 1 aliphatic heterocycles. The summed E-state index contributed by atoms with van der Waals surface area (Å²) in [5.41, 5.74) is 0. The molecule has 0 aromatic carbocycles. The molecule has 0 radical (unpaired) electrons. The topological polar surface area (TPSA) is 89.8 Å². The van der Waals surface area contributed by atoms with Crippen molar-refractivity contribution in [3.8, 4) is 0 Å². The minimum atomic E-state index is -2.94. The molecule has 1 fully saturated rings. The van der Waals surface area contributed by atoms with E-state index in [-0.39, 0.29) is 17.5 Å². The maximum atomic E-state index is 11.6. The molecule has 1 N–H and O–H groups in total. The van der Waals surface area contributed by atoms with E-state index in [0.29, 0.717) is 24.8 Å². The van der Waals surface area contributed by atoms with Crippen molar-refractivity contribution in [2.24, 2.45) is 0 Å². The number of hydrogen-bond donors (Lipinski definition) is 1. The van der Waals surface area contributed by atoms with E-state index in [9.17, 15) is 8.42 Å². The van der Waals surface area contributed by atoms with Gasteiger partial charge in [0.15, 0.2) is 15.7 Å². The summed E-state index contributed by atoms with van der Waals surface area (Å²) < 4.78 is 24.9. The van der Waals surface area contributed by atoms with Crippen LogP contribution in [-0.2, 0) is 16.4 Å². The summed E-state index contributed by atoms with van der Waals surface area (Å²) in [5.74, 6) is 1.13. The van der Waals surface area contributed by atoms with E-state index in [2.05, 4.69) is 20.8 Å². The SMILES string of the molecule is CC(C)NCc1nnnn1C1CCCS(=O)(=O)C1. The third-order valence-corrected chi connectivity index (χ3v) is 4.82. The highest BCUT2D eigenvalue weighted by Crippen LogP contribution is 2.22. The van der Waals surface area contributed by atoms with Gasteiger partial charge in [-0.05, 0) is 23.3 Å². The van der Waals surface area contributed by atoms with E-state index in [1.165, 1.54) is 0 Å². The minimum absolute atomic E-state index is 0.122. The van der Waals surface area contributed by atoms with Crippen molar-refractivity contribution in [2.45, 2.75) is 45.3 Å². The van der Waals surface area contributed by atoms with Crippen LogP contribution in [0.3, 0.4) is 0 Å². The summed E-state index contributed by atoms with van der Waals surface area (Å²) in [6, 6.07) is 0.216. The molecular weight excluding hydrogens is 254 g/mol. The van der Waals surface area contributed by atoms with Crippen LogP contribution in [-0.4, -0.2) is 46.2 Å². The largest absolute Gasteiger partial charge is 0.308 e. The number of nitrogens with zero attached hydrogens (tertiary/aromatic N) is 4. The number of hydrogen-bond acceptors (Lipinski definition) is 6. The molecule has 18 heavy (non-hydrogen) atoms. The third-order valence-electron chi connectivity index (χ3n) is 3.01. The lowest BCUT2D eigenvalue weighted by Gasteiger charge is -2.22. The van der Waals surface area contributed by atoms with Crippen LogP contribution in [0.15, 0.2) is 0 Å². The second kappa shape index (κ2) is 5.31. The molecule has 102 valence electrons. The van der Waals surface area contributed by atoms with Gasteiger partial charge in [-0.3, -0.25) is 0 Å². The molecule has 0 aliphatic carbocycles. The van der Waals surface area contributed by atoms with Gasteiger partial charge in [0.05, 0.1) is 24.1 Å². The Morgan fingerprint density at radius 2 is 2.28 bits per heavy atom. The smallest absolute Gasteiger partial charge is 0.165 e. The second-order valence-electron chi connectivity index (χ2n) is 4.99. The van der Waals surface area contributed by atoms with Crippen molar-refractivity contribution in [3.05, 3.63) is 5.82 Å². The summed E-state index contributed by atoms with van der Waals surface area (Å²) in [5, 5.41) is 14.8. The zero-order chi connectivity index (χ0) is 13.2. The van der Waals surface area contributed by atoms with E-state index in [4.69, 9.17) is 0 Å². The number of aromatic nitrogens is 4. The van der Waals surface area contributed by atoms with Gasteiger partial charge in [0.25, 0.3) is 0 Å². The van der Waals surface area contributed by atoms with E-state index in [0.717, 1.165) is 6.42 Å². The van der Waals surface area contributed by atoms with E-state index in [1.54, 1.807) is 4.68 Å². The van der Waals surface area contributed by atoms with Gasteiger partial charge in [-0.2, -0.15) is 0 Å². The highest BCUT2D eigenvalue weighted by atomic mass is 32.2. The van der Waals surface area contributed by atoms with Gasteiger partial charge in [-0.1, -0.05) is 13.8 Å².